The van der Waals surface area contributed by atoms with Crippen LogP contribution in [0.15, 0.2) is 30.3 Å². The average Bonchev–Trinajstić information content (AvgIpc) is 2.45. The fraction of sp³-hybridized carbons (Fsp3) is 0.467. The summed E-state index contributed by atoms with van der Waals surface area (Å²) in [6.45, 7) is 1.53. The minimum absolute atomic E-state index is 0.0179. The molecule has 3 heteroatoms. The molecule has 2 rings (SSSR count). The van der Waals surface area contributed by atoms with Gasteiger partial charge in [-0.15, -0.1) is 0 Å². The van der Waals surface area contributed by atoms with E-state index in [0.29, 0.717) is 6.61 Å². The van der Waals surface area contributed by atoms with Crippen molar-refractivity contribution in [2.24, 2.45) is 0 Å². The van der Waals surface area contributed by atoms with Gasteiger partial charge in [0.25, 0.3) is 0 Å². The molecule has 1 aromatic carbocycles. The molecule has 1 unspecified atom stereocenters. The van der Waals surface area contributed by atoms with E-state index in [2.05, 4.69) is 34.1 Å². The number of hydrogen-bond donors (Lipinski definition) is 0. The van der Waals surface area contributed by atoms with Crippen molar-refractivity contribution in [1.29, 1.82) is 0 Å². The van der Waals surface area contributed by atoms with Crippen LogP contribution in [0, 0.1) is 13.4 Å². The molecule has 1 saturated heterocycles. The van der Waals surface area contributed by atoms with E-state index < -0.39 is 0 Å². The van der Waals surface area contributed by atoms with E-state index in [4.69, 9.17) is 9.47 Å². The van der Waals surface area contributed by atoms with Crippen LogP contribution < -0.4 is 21.2 Å². The molecule has 1 aliphatic rings. The lowest BCUT2D eigenvalue weighted by atomic mass is 10.2. The molecule has 1 heterocycles. The molecule has 18 heavy (non-hydrogen) atoms. The van der Waals surface area contributed by atoms with E-state index in [9.17, 15) is 0 Å². The third-order valence-electron chi connectivity index (χ3n) is 2.62. The average molecular weight is 357 g/mol. The second-order valence-electron chi connectivity index (χ2n) is 4.08. The number of rotatable bonds is 4. The monoisotopic (exact) mass is 357 g/mol. The van der Waals surface area contributed by atoms with Gasteiger partial charge >= 0.3 is 21.2 Å². The first kappa shape index (κ1) is 13.9. The predicted molar refractivity (Wildman–Crippen MR) is 67.1 cm³/mol. The van der Waals surface area contributed by atoms with Gasteiger partial charge in [-0.2, -0.15) is 0 Å². The van der Waals surface area contributed by atoms with Crippen LogP contribution in [0.1, 0.15) is 25.7 Å². The minimum Gasteiger partial charge on any atom is -0.353 e. The van der Waals surface area contributed by atoms with Gasteiger partial charge in [-0.05, 0) is 37.3 Å². The lowest BCUT2D eigenvalue weighted by Gasteiger charge is -2.22. The third kappa shape index (κ3) is 5.38. The highest BCUT2D eigenvalue weighted by molar-refractivity contribution is 5.00. The fourth-order valence-electron chi connectivity index (χ4n) is 1.70. The van der Waals surface area contributed by atoms with Crippen LogP contribution in [-0.4, -0.2) is 19.5 Å². The summed E-state index contributed by atoms with van der Waals surface area (Å²) in [5.41, 5.74) is 0. The zero-order valence-electron chi connectivity index (χ0n) is 10.4. The zero-order valence-corrected chi connectivity index (χ0v) is 12.6. The van der Waals surface area contributed by atoms with Crippen molar-refractivity contribution in [2.75, 3.05) is 13.2 Å². The molecule has 0 aliphatic carbocycles. The summed E-state index contributed by atoms with van der Waals surface area (Å²) in [6.07, 6.45) is 4.25. The lowest BCUT2D eigenvalue weighted by Crippen LogP contribution is -3.59. The quantitative estimate of drug-likeness (QED) is 0.424. The first-order valence-corrected chi connectivity index (χ1v) is 8.51. The Morgan fingerprint density at radius 3 is 2.94 bits per heavy atom. The van der Waals surface area contributed by atoms with Gasteiger partial charge in [-0.3, -0.25) is 0 Å². The molecule has 0 radical (unpaired) electrons. The van der Waals surface area contributed by atoms with Crippen molar-refractivity contribution in [3.8, 4) is 9.85 Å². The third-order valence-corrected chi connectivity index (χ3v) is 4.62. The maximum absolute atomic E-state index is 5.62. The second kappa shape index (κ2) is 8.52. The normalized spacial score (nSPS) is 19.0. The van der Waals surface area contributed by atoms with Gasteiger partial charge in [-0.1, -0.05) is 18.2 Å². The van der Waals surface area contributed by atoms with Crippen LogP contribution in [0.3, 0.4) is 0 Å². The Bertz CT molecular complexity index is 388. The highest BCUT2D eigenvalue weighted by Crippen LogP contribution is 2.13. The fourth-order valence-corrected chi connectivity index (χ4v) is 3.24. The van der Waals surface area contributed by atoms with Crippen LogP contribution in [0.4, 0.5) is 0 Å². The molecule has 0 spiro atoms. The summed E-state index contributed by atoms with van der Waals surface area (Å²) in [5.74, 6) is 3.19. The van der Waals surface area contributed by atoms with Gasteiger partial charge in [0.1, 0.15) is 0 Å². The maximum atomic E-state index is 5.62. The van der Waals surface area contributed by atoms with Crippen molar-refractivity contribution in [1.82, 2.24) is 0 Å². The topological polar surface area (TPSA) is 18.5 Å². The van der Waals surface area contributed by atoms with Crippen molar-refractivity contribution in [2.45, 2.75) is 32.0 Å². The van der Waals surface area contributed by atoms with E-state index in [1.807, 2.05) is 6.07 Å². The summed E-state index contributed by atoms with van der Waals surface area (Å²) in [6, 6.07) is 10.5. The number of halogens is 1. The van der Waals surface area contributed by atoms with Gasteiger partial charge in [0, 0.05) is 13.0 Å². The van der Waals surface area contributed by atoms with Gasteiger partial charge in [0.15, 0.2) is 10.2 Å². The second-order valence-corrected chi connectivity index (χ2v) is 6.40. The molecule has 1 aliphatic heterocycles. The lowest BCUT2D eigenvalue weighted by molar-refractivity contribution is -0.535. The molecule has 1 fully saturated rings. The maximum Gasteiger partial charge on any atom is 0.419 e. The summed E-state index contributed by atoms with van der Waals surface area (Å²) >= 11 is -0.154. The highest BCUT2D eigenvalue weighted by atomic mass is 127. The van der Waals surface area contributed by atoms with Crippen LogP contribution in [0.5, 0.6) is 0 Å². The summed E-state index contributed by atoms with van der Waals surface area (Å²) < 4.78 is 15.8. The molecule has 0 N–H and O–H groups in total. The van der Waals surface area contributed by atoms with Gasteiger partial charge < -0.3 is 9.47 Å². The van der Waals surface area contributed by atoms with E-state index in [-0.39, 0.29) is 27.5 Å². The largest absolute Gasteiger partial charge is 0.419 e. The van der Waals surface area contributed by atoms with E-state index >= 15 is 0 Å². The number of benzene rings is 1. The van der Waals surface area contributed by atoms with Gasteiger partial charge in [-0.25, -0.2) is 0 Å². The Morgan fingerprint density at radius 1 is 1.28 bits per heavy atom. The van der Waals surface area contributed by atoms with Crippen molar-refractivity contribution in [3.05, 3.63) is 33.9 Å². The van der Waals surface area contributed by atoms with Crippen LogP contribution in [-0.2, 0) is 9.47 Å². The number of hydrogen-bond acceptors (Lipinski definition) is 2. The molecular weight excluding hydrogens is 339 g/mol. The van der Waals surface area contributed by atoms with E-state index in [1.165, 1.54) is 16.4 Å². The molecule has 0 bridgehead atoms. The van der Waals surface area contributed by atoms with Gasteiger partial charge in [0.05, 0.1) is 6.61 Å². The van der Waals surface area contributed by atoms with Crippen LogP contribution in [0.25, 0.3) is 0 Å². The molecule has 0 aromatic heterocycles. The highest BCUT2D eigenvalue weighted by Gasteiger charge is 2.13. The molecule has 2 nitrogen and oxygen atoms in total. The SMILES string of the molecule is C(#C[I+]c1ccccc1)CCOC1CCCCO1. The summed E-state index contributed by atoms with van der Waals surface area (Å²) in [4.78, 5) is 0. The Labute approximate surface area is 119 Å². The van der Waals surface area contributed by atoms with E-state index in [1.54, 1.807) is 0 Å². The molecular formula is C15H18IO2+. The zero-order chi connectivity index (χ0) is 12.5. The smallest absolute Gasteiger partial charge is 0.353 e. The Balaban J connectivity index is 1.58. The van der Waals surface area contributed by atoms with Crippen molar-refractivity contribution < 1.29 is 30.7 Å². The summed E-state index contributed by atoms with van der Waals surface area (Å²) in [5, 5.41) is 0. The Hall–Kier alpha value is -0.570. The predicted octanol–water partition coefficient (Wildman–Crippen LogP) is -0.161. The van der Waals surface area contributed by atoms with Crippen LogP contribution >= 0.6 is 0 Å². The molecule has 0 amide bonds. The molecule has 1 aromatic rings. The molecule has 0 saturated carbocycles. The first-order valence-electron chi connectivity index (χ1n) is 6.35. The van der Waals surface area contributed by atoms with Crippen molar-refractivity contribution in [3.63, 3.8) is 0 Å². The van der Waals surface area contributed by atoms with Crippen molar-refractivity contribution >= 4 is 0 Å². The Kier molecular flexibility index (Phi) is 6.56. The molecule has 96 valence electrons. The number of ether oxygens (including phenoxy) is 2. The summed E-state index contributed by atoms with van der Waals surface area (Å²) in [7, 11) is 0. The van der Waals surface area contributed by atoms with Crippen LogP contribution in [0.2, 0.25) is 0 Å². The van der Waals surface area contributed by atoms with Gasteiger partial charge in [0.2, 0.25) is 3.57 Å². The first-order chi connectivity index (χ1) is 8.95. The van der Waals surface area contributed by atoms with E-state index in [0.717, 1.165) is 19.4 Å². The minimum atomic E-state index is -0.154. The Morgan fingerprint density at radius 2 is 2.17 bits per heavy atom. The standard InChI is InChI=1S/C15H18IO2/c1-2-8-14(9-3-1)16-11-5-7-13-18-15-10-4-6-12-17-15/h1-3,8-9,15H,4,6-7,10,12-13H2/q+1. The molecule has 1 atom stereocenters.